The van der Waals surface area contributed by atoms with Gasteiger partial charge >= 0.3 is 0 Å². The lowest BCUT2D eigenvalue weighted by Crippen LogP contribution is -2.49. The zero-order chi connectivity index (χ0) is 24.6. The summed E-state index contributed by atoms with van der Waals surface area (Å²) < 4.78 is 7.58. The number of para-hydroxylation sites is 1. The lowest BCUT2D eigenvalue weighted by molar-refractivity contribution is 0.0357. The predicted molar refractivity (Wildman–Crippen MR) is 135 cm³/mol. The summed E-state index contributed by atoms with van der Waals surface area (Å²) in [6.45, 7) is 5.22. The molecule has 0 bridgehead atoms. The summed E-state index contributed by atoms with van der Waals surface area (Å²) in [5.41, 5.74) is 2.75. The van der Waals surface area contributed by atoms with Crippen LogP contribution in [0.4, 0.5) is 0 Å². The minimum atomic E-state index is -0.161. The van der Waals surface area contributed by atoms with Crippen LogP contribution in [0.15, 0.2) is 53.2 Å². The highest BCUT2D eigenvalue weighted by molar-refractivity contribution is 5.95. The molecule has 6 rings (SSSR count). The van der Waals surface area contributed by atoms with E-state index in [1.165, 1.54) is 0 Å². The van der Waals surface area contributed by atoms with E-state index in [4.69, 9.17) is 4.42 Å². The second kappa shape index (κ2) is 9.48. The van der Waals surface area contributed by atoms with E-state index in [-0.39, 0.29) is 12.0 Å². The molecular weight excluding hydrogens is 456 g/mol. The molecule has 4 aromatic rings. The molecule has 5 heterocycles. The van der Waals surface area contributed by atoms with Crippen LogP contribution in [0.1, 0.15) is 41.7 Å². The van der Waals surface area contributed by atoms with E-state index in [1.54, 1.807) is 23.1 Å². The monoisotopic (exact) mass is 486 g/mol. The standard InChI is InChI=1S/C27H30N6O3/c1-18-22(26(35)32-12-7-20(8-13-32)31-14-9-21(34)10-15-31)17-29-33(18)27-28-11-6-23(30-27)25-16-19-4-2-3-5-24(19)36-25/h2-6,11,16-17,20-21,34H,7-10,12-15H2,1H3. The first kappa shape index (κ1) is 22.9. The number of hydrogen-bond donors (Lipinski definition) is 1. The molecule has 3 aromatic heterocycles. The molecule has 36 heavy (non-hydrogen) atoms. The van der Waals surface area contributed by atoms with Gasteiger partial charge in [0.2, 0.25) is 0 Å². The van der Waals surface area contributed by atoms with Gasteiger partial charge in [-0.1, -0.05) is 18.2 Å². The van der Waals surface area contributed by atoms with Crippen molar-refractivity contribution < 1.29 is 14.3 Å². The third-order valence-corrected chi connectivity index (χ3v) is 7.52. The van der Waals surface area contributed by atoms with E-state index < -0.39 is 0 Å². The van der Waals surface area contributed by atoms with Crippen LogP contribution in [0.3, 0.4) is 0 Å². The first-order valence-corrected chi connectivity index (χ1v) is 12.7. The smallest absolute Gasteiger partial charge is 0.257 e. The number of piperidine rings is 2. The van der Waals surface area contributed by atoms with Gasteiger partial charge in [-0.2, -0.15) is 5.10 Å². The number of amides is 1. The predicted octanol–water partition coefficient (Wildman–Crippen LogP) is 3.45. The van der Waals surface area contributed by atoms with E-state index in [0.717, 1.165) is 62.8 Å². The van der Waals surface area contributed by atoms with Gasteiger partial charge in [0.1, 0.15) is 11.3 Å². The van der Waals surface area contributed by atoms with Crippen molar-refractivity contribution >= 4 is 16.9 Å². The van der Waals surface area contributed by atoms with E-state index in [0.29, 0.717) is 34.7 Å². The van der Waals surface area contributed by atoms with Crippen LogP contribution in [0, 0.1) is 6.92 Å². The molecule has 9 heteroatoms. The number of benzene rings is 1. The van der Waals surface area contributed by atoms with Crippen molar-refractivity contribution in [2.75, 3.05) is 26.2 Å². The quantitative estimate of drug-likeness (QED) is 0.472. The van der Waals surface area contributed by atoms with Crippen LogP contribution in [0.5, 0.6) is 0 Å². The molecule has 0 saturated carbocycles. The van der Waals surface area contributed by atoms with Crippen LogP contribution in [0.25, 0.3) is 28.4 Å². The summed E-state index contributed by atoms with van der Waals surface area (Å²) in [7, 11) is 0. The lowest BCUT2D eigenvalue weighted by Gasteiger charge is -2.41. The van der Waals surface area contributed by atoms with Gasteiger partial charge in [-0.05, 0) is 50.8 Å². The third-order valence-electron chi connectivity index (χ3n) is 7.52. The lowest BCUT2D eigenvalue weighted by atomic mass is 9.98. The minimum Gasteiger partial charge on any atom is -0.454 e. The molecule has 2 aliphatic heterocycles. The fraction of sp³-hybridized carbons (Fsp3) is 0.407. The molecule has 1 aromatic carbocycles. The van der Waals surface area contributed by atoms with Crippen molar-refractivity contribution in [1.29, 1.82) is 0 Å². The van der Waals surface area contributed by atoms with Crippen LogP contribution >= 0.6 is 0 Å². The number of furan rings is 1. The van der Waals surface area contributed by atoms with E-state index in [1.807, 2.05) is 42.2 Å². The Labute approximate surface area is 209 Å². The van der Waals surface area contributed by atoms with Gasteiger partial charge in [0.15, 0.2) is 5.76 Å². The fourth-order valence-electron chi connectivity index (χ4n) is 5.37. The molecule has 2 fully saturated rings. The average Bonchev–Trinajstić information content (AvgIpc) is 3.53. The molecule has 1 amide bonds. The van der Waals surface area contributed by atoms with Crippen LogP contribution in [-0.2, 0) is 0 Å². The Morgan fingerprint density at radius 3 is 2.61 bits per heavy atom. The van der Waals surface area contributed by atoms with Crippen molar-refractivity contribution in [3.8, 4) is 17.4 Å². The maximum absolute atomic E-state index is 13.3. The number of nitrogens with zero attached hydrogens (tertiary/aromatic N) is 6. The van der Waals surface area contributed by atoms with E-state index in [9.17, 15) is 9.90 Å². The highest BCUT2D eigenvalue weighted by Crippen LogP contribution is 2.27. The Kier molecular flexibility index (Phi) is 6.02. The molecule has 0 radical (unpaired) electrons. The van der Waals surface area contributed by atoms with Crippen molar-refractivity contribution in [3.63, 3.8) is 0 Å². The van der Waals surface area contributed by atoms with Gasteiger partial charge in [-0.3, -0.25) is 4.79 Å². The SMILES string of the molecule is Cc1c(C(=O)N2CCC(N3CCC(O)CC3)CC2)cnn1-c1nccc(-c2cc3ccccc3o2)n1. The Morgan fingerprint density at radius 1 is 1.06 bits per heavy atom. The Hall–Kier alpha value is -3.56. The van der Waals surface area contributed by atoms with E-state index in [2.05, 4.69) is 20.0 Å². The molecule has 0 unspecified atom stereocenters. The molecule has 0 atom stereocenters. The van der Waals surface area contributed by atoms with Gasteiger partial charge in [0.05, 0.1) is 23.6 Å². The number of carbonyl (C=O) groups excluding carboxylic acids is 1. The largest absolute Gasteiger partial charge is 0.454 e. The van der Waals surface area contributed by atoms with Gasteiger partial charge in [0.25, 0.3) is 11.9 Å². The Balaban J connectivity index is 1.17. The molecule has 2 aliphatic rings. The summed E-state index contributed by atoms with van der Waals surface area (Å²) in [6, 6.07) is 12.1. The van der Waals surface area contributed by atoms with Gasteiger partial charge in [-0.25, -0.2) is 14.6 Å². The van der Waals surface area contributed by atoms with Gasteiger partial charge < -0.3 is 19.3 Å². The van der Waals surface area contributed by atoms with Crippen LogP contribution in [0.2, 0.25) is 0 Å². The first-order chi connectivity index (χ1) is 17.6. The second-order valence-electron chi connectivity index (χ2n) is 9.74. The minimum absolute atomic E-state index is 0.000273. The molecule has 1 N–H and O–H groups in total. The summed E-state index contributed by atoms with van der Waals surface area (Å²) in [6.07, 6.45) is 6.74. The molecule has 0 aliphatic carbocycles. The fourth-order valence-corrected chi connectivity index (χ4v) is 5.37. The number of fused-ring (bicyclic) bond motifs is 1. The number of aliphatic hydroxyl groups excluding tert-OH is 1. The number of aliphatic hydroxyl groups is 1. The Morgan fingerprint density at radius 2 is 1.83 bits per heavy atom. The zero-order valence-corrected chi connectivity index (χ0v) is 20.4. The number of likely N-dealkylation sites (tertiary alicyclic amines) is 2. The van der Waals surface area contributed by atoms with Crippen molar-refractivity contribution in [2.45, 2.75) is 44.8 Å². The summed E-state index contributed by atoms with van der Waals surface area (Å²) in [5.74, 6) is 1.06. The number of carbonyl (C=O) groups is 1. The van der Waals surface area contributed by atoms with Crippen LogP contribution in [-0.4, -0.2) is 78.9 Å². The number of aromatic nitrogens is 4. The van der Waals surface area contributed by atoms with Crippen molar-refractivity contribution in [3.05, 3.63) is 60.0 Å². The molecule has 186 valence electrons. The van der Waals surface area contributed by atoms with E-state index >= 15 is 0 Å². The topological polar surface area (TPSA) is 101 Å². The molecule has 2 saturated heterocycles. The van der Waals surface area contributed by atoms with Gasteiger partial charge in [-0.15, -0.1) is 0 Å². The second-order valence-corrected chi connectivity index (χ2v) is 9.74. The average molecular weight is 487 g/mol. The van der Waals surface area contributed by atoms with Crippen molar-refractivity contribution in [1.82, 2.24) is 29.5 Å². The summed E-state index contributed by atoms with van der Waals surface area (Å²) in [5, 5.41) is 15.2. The Bertz CT molecular complexity index is 1350. The van der Waals surface area contributed by atoms with Crippen LogP contribution < -0.4 is 0 Å². The summed E-state index contributed by atoms with van der Waals surface area (Å²) >= 11 is 0. The van der Waals surface area contributed by atoms with Crippen molar-refractivity contribution in [2.24, 2.45) is 0 Å². The highest BCUT2D eigenvalue weighted by Gasteiger charge is 2.30. The zero-order valence-electron chi connectivity index (χ0n) is 20.4. The maximum atomic E-state index is 13.3. The number of hydrogen-bond acceptors (Lipinski definition) is 7. The normalized spacial score (nSPS) is 18.2. The molecule has 0 spiro atoms. The van der Waals surface area contributed by atoms with Gasteiger partial charge in [0, 0.05) is 43.8 Å². The molecular formula is C27H30N6O3. The molecule has 9 nitrogen and oxygen atoms in total. The highest BCUT2D eigenvalue weighted by atomic mass is 16.3. The summed E-state index contributed by atoms with van der Waals surface area (Å²) in [4.78, 5) is 26.8. The first-order valence-electron chi connectivity index (χ1n) is 12.7. The maximum Gasteiger partial charge on any atom is 0.257 e. The number of rotatable bonds is 4. The third kappa shape index (κ3) is 4.29.